The van der Waals surface area contributed by atoms with E-state index in [0.29, 0.717) is 17.7 Å². The van der Waals surface area contributed by atoms with Crippen molar-refractivity contribution in [1.29, 1.82) is 0 Å². The number of anilines is 2. The maximum Gasteiger partial charge on any atom is 0.333 e. The highest BCUT2D eigenvalue weighted by Gasteiger charge is 2.42. The number of nitrogens with zero attached hydrogens (tertiary/aromatic N) is 4. The highest BCUT2D eigenvalue weighted by molar-refractivity contribution is 7.95. The molecule has 0 spiro atoms. The topological polar surface area (TPSA) is 113 Å². The van der Waals surface area contributed by atoms with Crippen LogP contribution < -0.4 is 8.61 Å². The van der Waals surface area contributed by atoms with Crippen LogP contribution in [0.3, 0.4) is 0 Å². The van der Waals surface area contributed by atoms with Crippen molar-refractivity contribution in [2.75, 3.05) is 15.7 Å². The maximum absolute atomic E-state index is 13.5. The summed E-state index contributed by atoms with van der Waals surface area (Å²) in [5, 5.41) is 14.2. The molecule has 0 saturated heterocycles. The second-order valence-electron chi connectivity index (χ2n) is 7.54. The molecule has 0 unspecified atom stereocenters. The number of aryl methyl sites for hydroxylation is 3. The number of aromatic nitrogens is 2. The van der Waals surface area contributed by atoms with Crippen molar-refractivity contribution in [3.63, 3.8) is 0 Å². The predicted octanol–water partition coefficient (Wildman–Crippen LogP) is 2.80. The van der Waals surface area contributed by atoms with Gasteiger partial charge >= 0.3 is 10.2 Å². The van der Waals surface area contributed by atoms with Gasteiger partial charge in [0.05, 0.1) is 23.1 Å². The van der Waals surface area contributed by atoms with E-state index in [-0.39, 0.29) is 33.9 Å². The van der Waals surface area contributed by atoms with Crippen LogP contribution in [0, 0.1) is 13.8 Å². The van der Waals surface area contributed by atoms with E-state index < -0.39 is 21.9 Å². The first-order chi connectivity index (χ1) is 15.1. The van der Waals surface area contributed by atoms with Crippen molar-refractivity contribution in [3.8, 4) is 5.88 Å². The summed E-state index contributed by atoms with van der Waals surface area (Å²) in [6.07, 6.45) is 1.27. The summed E-state index contributed by atoms with van der Waals surface area (Å²) in [7, 11) is -2.82. The van der Waals surface area contributed by atoms with Gasteiger partial charge in [-0.25, -0.2) is 4.68 Å². The quantitative estimate of drug-likeness (QED) is 0.607. The molecule has 1 amide bonds. The van der Waals surface area contributed by atoms with E-state index in [1.807, 2.05) is 0 Å². The van der Waals surface area contributed by atoms with E-state index in [0.717, 1.165) is 8.61 Å². The minimum absolute atomic E-state index is 0.00244. The van der Waals surface area contributed by atoms with E-state index in [2.05, 4.69) is 5.10 Å². The molecule has 1 aliphatic rings. The monoisotopic (exact) mass is 454 g/mol. The van der Waals surface area contributed by atoms with E-state index in [1.165, 1.54) is 36.1 Å². The fraction of sp³-hybridized carbons (Fsp3) is 0.227. The van der Waals surface area contributed by atoms with E-state index in [9.17, 15) is 23.1 Å². The number of carbonyl (C=O) groups excluding carboxylic acids is 2. The van der Waals surface area contributed by atoms with Crippen molar-refractivity contribution in [1.82, 2.24) is 9.78 Å². The molecule has 166 valence electrons. The zero-order chi connectivity index (χ0) is 23.4. The van der Waals surface area contributed by atoms with E-state index in [4.69, 9.17) is 0 Å². The van der Waals surface area contributed by atoms with Crippen LogP contribution in [0.4, 0.5) is 11.4 Å². The van der Waals surface area contributed by atoms with Gasteiger partial charge in [-0.05, 0) is 50.1 Å². The number of amides is 1. The summed E-state index contributed by atoms with van der Waals surface area (Å²) in [5.74, 6) is -1.54. The average molecular weight is 455 g/mol. The Labute approximate surface area is 185 Å². The first kappa shape index (κ1) is 21.6. The lowest BCUT2D eigenvalue weighted by Crippen LogP contribution is -2.50. The third-order valence-electron chi connectivity index (χ3n) is 5.59. The molecule has 10 heteroatoms. The molecular formula is C22H22N4O5S. The molecule has 1 aromatic heterocycles. The number of para-hydroxylation sites is 1. The van der Waals surface area contributed by atoms with Gasteiger partial charge in [0, 0.05) is 19.2 Å². The molecule has 2 heterocycles. The van der Waals surface area contributed by atoms with Gasteiger partial charge in [0.2, 0.25) is 5.88 Å². The number of rotatable bonds is 4. The van der Waals surface area contributed by atoms with Gasteiger partial charge in [-0.15, -0.1) is 0 Å². The summed E-state index contributed by atoms with van der Waals surface area (Å²) < 4.78 is 29.5. The van der Waals surface area contributed by atoms with E-state index in [1.54, 1.807) is 39.0 Å². The second-order valence-corrected chi connectivity index (χ2v) is 9.35. The molecule has 0 atom stereocenters. The van der Waals surface area contributed by atoms with Crippen LogP contribution in [-0.4, -0.2) is 42.0 Å². The number of benzene rings is 2. The molecule has 4 rings (SSSR count). The van der Waals surface area contributed by atoms with Crippen molar-refractivity contribution >= 4 is 33.3 Å². The van der Waals surface area contributed by atoms with Crippen molar-refractivity contribution < 1.29 is 23.1 Å². The first-order valence-corrected chi connectivity index (χ1v) is 11.3. The highest BCUT2D eigenvalue weighted by atomic mass is 32.2. The maximum atomic E-state index is 13.5. The Hall–Kier alpha value is -3.66. The van der Waals surface area contributed by atoms with Crippen molar-refractivity contribution in [2.24, 2.45) is 0 Å². The van der Waals surface area contributed by atoms with Gasteiger partial charge in [0.25, 0.3) is 5.91 Å². The van der Waals surface area contributed by atoms with Crippen molar-refractivity contribution in [3.05, 3.63) is 70.4 Å². The Kier molecular flexibility index (Phi) is 5.04. The second kappa shape index (κ2) is 7.49. The zero-order valence-corrected chi connectivity index (χ0v) is 18.8. The third-order valence-corrected chi connectivity index (χ3v) is 7.29. The Morgan fingerprint density at radius 2 is 1.78 bits per heavy atom. The molecule has 0 fully saturated rings. The van der Waals surface area contributed by atoms with Crippen LogP contribution in [0.2, 0.25) is 0 Å². The van der Waals surface area contributed by atoms with Crippen molar-refractivity contribution in [2.45, 2.75) is 27.3 Å². The molecule has 0 bridgehead atoms. The van der Waals surface area contributed by atoms with Gasteiger partial charge in [-0.3, -0.25) is 13.9 Å². The van der Waals surface area contributed by atoms with Crippen LogP contribution in [0.5, 0.6) is 5.88 Å². The smallest absolute Gasteiger partial charge is 0.333 e. The number of fused-ring (bicyclic) bond motifs is 1. The summed E-state index contributed by atoms with van der Waals surface area (Å²) in [6, 6.07) is 9.45. The lowest BCUT2D eigenvalue weighted by atomic mass is 10.0. The molecule has 1 aliphatic heterocycles. The molecule has 0 aliphatic carbocycles. The minimum Gasteiger partial charge on any atom is -0.493 e. The summed E-state index contributed by atoms with van der Waals surface area (Å²) >= 11 is 0. The standard InChI is InChI=1S/C22H22N4O5S/c1-5-25-21(28)17(12-23-25)20(27)15-9-10-18-16(11-15)22(29)26(32(30,31)24(18)4)19-13(2)7-6-8-14(19)3/h6-12,28H,5H2,1-4H3. The lowest BCUT2D eigenvalue weighted by Gasteiger charge is -2.36. The summed E-state index contributed by atoms with van der Waals surface area (Å²) in [4.78, 5) is 26.4. The molecule has 0 radical (unpaired) electrons. The fourth-order valence-corrected chi connectivity index (χ4v) is 5.33. The SMILES string of the molecule is CCn1ncc(C(=O)c2ccc3c(c2)C(=O)N(c2c(C)cccc2C)S(=O)(=O)N3C)c1O. The van der Waals surface area contributed by atoms with Crippen LogP contribution in [0.15, 0.2) is 42.6 Å². The molecule has 0 saturated carbocycles. The number of aromatic hydroxyl groups is 1. The number of hydrogen-bond acceptors (Lipinski definition) is 6. The summed E-state index contributed by atoms with van der Waals surface area (Å²) in [5.41, 5.74) is 1.92. The van der Waals surface area contributed by atoms with Crippen LogP contribution >= 0.6 is 0 Å². The predicted molar refractivity (Wildman–Crippen MR) is 119 cm³/mol. The van der Waals surface area contributed by atoms with Crippen LogP contribution in [0.1, 0.15) is 44.3 Å². The van der Waals surface area contributed by atoms with Crippen LogP contribution in [0.25, 0.3) is 0 Å². The van der Waals surface area contributed by atoms with Gasteiger partial charge in [-0.1, -0.05) is 18.2 Å². The van der Waals surface area contributed by atoms with E-state index >= 15 is 0 Å². The normalized spacial score (nSPS) is 15.1. The highest BCUT2D eigenvalue weighted by Crippen LogP contribution is 2.38. The largest absolute Gasteiger partial charge is 0.493 e. The molecule has 2 aromatic carbocycles. The molecular weight excluding hydrogens is 432 g/mol. The van der Waals surface area contributed by atoms with Gasteiger partial charge < -0.3 is 5.11 Å². The minimum atomic E-state index is -4.18. The number of hydrogen-bond donors (Lipinski definition) is 1. The van der Waals surface area contributed by atoms with Gasteiger partial charge in [-0.2, -0.15) is 17.8 Å². The average Bonchev–Trinajstić information content (AvgIpc) is 3.13. The Morgan fingerprint density at radius 3 is 2.38 bits per heavy atom. The zero-order valence-electron chi connectivity index (χ0n) is 18.0. The number of ketones is 1. The fourth-order valence-electron chi connectivity index (χ4n) is 3.85. The van der Waals surface area contributed by atoms with Gasteiger partial charge in [0.15, 0.2) is 5.78 Å². The first-order valence-electron chi connectivity index (χ1n) is 9.92. The molecule has 3 aromatic rings. The summed E-state index contributed by atoms with van der Waals surface area (Å²) in [6.45, 7) is 5.62. The Balaban J connectivity index is 1.86. The number of carbonyl (C=O) groups is 2. The van der Waals surface area contributed by atoms with Gasteiger partial charge in [0.1, 0.15) is 5.56 Å². The Morgan fingerprint density at radius 1 is 1.12 bits per heavy atom. The Bertz CT molecular complexity index is 1360. The van der Waals surface area contributed by atoms with Crippen LogP contribution in [-0.2, 0) is 16.8 Å². The lowest BCUT2D eigenvalue weighted by molar-refractivity contribution is 0.100. The molecule has 9 nitrogen and oxygen atoms in total. The molecule has 32 heavy (non-hydrogen) atoms. The molecule has 1 N–H and O–H groups in total. The third kappa shape index (κ3) is 3.06.